The normalized spacial score (nSPS) is 11.0. The predicted octanol–water partition coefficient (Wildman–Crippen LogP) is 3.97. The van der Waals surface area contributed by atoms with Crippen molar-refractivity contribution in [3.8, 4) is 5.75 Å². The van der Waals surface area contributed by atoms with Crippen molar-refractivity contribution in [2.45, 2.75) is 13.5 Å². The molecule has 0 fully saturated rings. The first kappa shape index (κ1) is 12.7. The molecule has 0 aliphatic rings. The average Bonchev–Trinajstić information content (AvgIpc) is 2.36. The number of hydrogen-bond acceptors (Lipinski definition) is 2. The molecule has 0 saturated heterocycles. The molecule has 0 amide bonds. The van der Waals surface area contributed by atoms with Crippen LogP contribution in [0, 0.1) is 6.92 Å². The highest BCUT2D eigenvalue weighted by Crippen LogP contribution is 2.19. The molecular weight excluding hydrogens is 246 g/mol. The van der Waals surface area contributed by atoms with Crippen LogP contribution >= 0.6 is 11.6 Å². The van der Waals surface area contributed by atoms with E-state index in [1.807, 2.05) is 12.1 Å². The molecule has 0 aromatic heterocycles. The molecule has 0 aliphatic heterocycles. The fourth-order valence-electron chi connectivity index (χ4n) is 1.57. The largest absolute Gasteiger partial charge is 0.507 e. The second-order valence-electron chi connectivity index (χ2n) is 4.16. The number of nitrogens with zero attached hydrogens (tertiary/aromatic N) is 1. The Morgan fingerprint density at radius 1 is 1.17 bits per heavy atom. The van der Waals surface area contributed by atoms with E-state index in [-0.39, 0.29) is 5.75 Å². The fourth-order valence-corrected chi connectivity index (χ4v) is 1.75. The van der Waals surface area contributed by atoms with Crippen molar-refractivity contribution >= 4 is 17.8 Å². The number of aliphatic imine (C=N–C) groups is 1. The maximum absolute atomic E-state index is 9.62. The molecule has 92 valence electrons. The molecule has 2 rings (SSSR count). The van der Waals surface area contributed by atoms with E-state index in [1.54, 1.807) is 24.4 Å². The van der Waals surface area contributed by atoms with Gasteiger partial charge in [0.05, 0.1) is 6.54 Å². The van der Waals surface area contributed by atoms with Crippen LogP contribution in [0.3, 0.4) is 0 Å². The SMILES string of the molecule is Cc1ccc(CN=Cc2cc(Cl)ccc2O)cc1. The predicted molar refractivity (Wildman–Crippen MR) is 75.6 cm³/mol. The quantitative estimate of drug-likeness (QED) is 0.831. The lowest BCUT2D eigenvalue weighted by molar-refractivity contribution is 0.474. The zero-order valence-corrected chi connectivity index (χ0v) is 10.9. The van der Waals surface area contributed by atoms with E-state index >= 15 is 0 Å². The maximum Gasteiger partial charge on any atom is 0.124 e. The highest BCUT2D eigenvalue weighted by atomic mass is 35.5. The van der Waals surface area contributed by atoms with Crippen LogP contribution in [0.25, 0.3) is 0 Å². The van der Waals surface area contributed by atoms with Gasteiger partial charge < -0.3 is 5.11 Å². The van der Waals surface area contributed by atoms with Crippen LogP contribution in [-0.2, 0) is 6.54 Å². The lowest BCUT2D eigenvalue weighted by atomic mass is 10.1. The van der Waals surface area contributed by atoms with E-state index in [4.69, 9.17) is 11.6 Å². The van der Waals surface area contributed by atoms with Crippen LogP contribution in [-0.4, -0.2) is 11.3 Å². The van der Waals surface area contributed by atoms with Gasteiger partial charge in [-0.1, -0.05) is 41.4 Å². The van der Waals surface area contributed by atoms with Crippen molar-refractivity contribution in [2.75, 3.05) is 0 Å². The van der Waals surface area contributed by atoms with Gasteiger partial charge in [0.2, 0.25) is 0 Å². The summed E-state index contributed by atoms with van der Waals surface area (Å²) in [6.45, 7) is 2.64. The molecule has 3 heteroatoms. The minimum Gasteiger partial charge on any atom is -0.507 e. The Morgan fingerprint density at radius 2 is 1.89 bits per heavy atom. The van der Waals surface area contributed by atoms with E-state index in [9.17, 15) is 5.11 Å². The van der Waals surface area contributed by atoms with Crippen molar-refractivity contribution in [3.05, 3.63) is 64.2 Å². The number of phenols is 1. The highest BCUT2D eigenvalue weighted by molar-refractivity contribution is 6.30. The number of hydrogen-bond donors (Lipinski definition) is 1. The van der Waals surface area contributed by atoms with Gasteiger partial charge in [0.25, 0.3) is 0 Å². The molecule has 2 aromatic rings. The first-order valence-electron chi connectivity index (χ1n) is 5.69. The number of aryl methyl sites for hydroxylation is 1. The van der Waals surface area contributed by atoms with Gasteiger partial charge >= 0.3 is 0 Å². The number of benzene rings is 2. The monoisotopic (exact) mass is 259 g/mol. The number of halogens is 1. The molecule has 0 unspecified atom stereocenters. The minimum atomic E-state index is 0.187. The molecule has 1 N–H and O–H groups in total. The maximum atomic E-state index is 9.62. The molecular formula is C15H14ClNO. The number of phenolic OH excluding ortho intramolecular Hbond substituents is 1. The third-order valence-electron chi connectivity index (χ3n) is 2.61. The minimum absolute atomic E-state index is 0.187. The van der Waals surface area contributed by atoms with Crippen molar-refractivity contribution < 1.29 is 5.11 Å². The molecule has 0 spiro atoms. The van der Waals surface area contributed by atoms with Crippen LogP contribution < -0.4 is 0 Å². The molecule has 2 nitrogen and oxygen atoms in total. The average molecular weight is 260 g/mol. The second kappa shape index (κ2) is 5.69. The molecule has 18 heavy (non-hydrogen) atoms. The summed E-state index contributed by atoms with van der Waals surface area (Å²) in [7, 11) is 0. The van der Waals surface area contributed by atoms with Gasteiger partial charge in [-0.15, -0.1) is 0 Å². The van der Waals surface area contributed by atoms with Gasteiger partial charge in [-0.3, -0.25) is 4.99 Å². The Labute approximate surface area is 112 Å². The summed E-state index contributed by atoms with van der Waals surface area (Å²) in [6.07, 6.45) is 1.64. The Kier molecular flexibility index (Phi) is 4.00. The zero-order valence-electron chi connectivity index (χ0n) is 10.1. The van der Waals surface area contributed by atoms with Crippen LogP contribution in [0.4, 0.5) is 0 Å². The van der Waals surface area contributed by atoms with Crippen molar-refractivity contribution in [1.29, 1.82) is 0 Å². The van der Waals surface area contributed by atoms with E-state index in [1.165, 1.54) is 5.56 Å². The summed E-state index contributed by atoms with van der Waals surface area (Å²) in [5.41, 5.74) is 3.00. The number of rotatable bonds is 3. The van der Waals surface area contributed by atoms with Crippen LogP contribution in [0.5, 0.6) is 5.75 Å². The first-order valence-corrected chi connectivity index (χ1v) is 6.07. The Bertz CT molecular complexity index is 561. The summed E-state index contributed by atoms with van der Waals surface area (Å²) in [5.74, 6) is 0.187. The zero-order chi connectivity index (χ0) is 13.0. The van der Waals surface area contributed by atoms with Crippen molar-refractivity contribution in [1.82, 2.24) is 0 Å². The Morgan fingerprint density at radius 3 is 2.61 bits per heavy atom. The Hall–Kier alpha value is -1.80. The standard InChI is InChI=1S/C15H14ClNO/c1-11-2-4-12(5-3-11)9-17-10-13-8-14(16)6-7-15(13)18/h2-8,10,18H,9H2,1H3. The smallest absolute Gasteiger partial charge is 0.124 e. The van der Waals surface area contributed by atoms with Gasteiger partial charge in [-0.05, 0) is 30.7 Å². The van der Waals surface area contributed by atoms with Gasteiger partial charge in [0.15, 0.2) is 0 Å². The van der Waals surface area contributed by atoms with Gasteiger partial charge in [-0.25, -0.2) is 0 Å². The Balaban J connectivity index is 2.07. The summed E-state index contributed by atoms with van der Waals surface area (Å²) >= 11 is 5.86. The van der Waals surface area contributed by atoms with Gasteiger partial charge in [-0.2, -0.15) is 0 Å². The van der Waals surface area contributed by atoms with Crippen LogP contribution in [0.2, 0.25) is 5.02 Å². The van der Waals surface area contributed by atoms with E-state index < -0.39 is 0 Å². The van der Waals surface area contributed by atoms with E-state index in [0.717, 1.165) is 5.56 Å². The highest BCUT2D eigenvalue weighted by Gasteiger charge is 1.98. The molecule has 0 bridgehead atoms. The third-order valence-corrected chi connectivity index (χ3v) is 2.85. The van der Waals surface area contributed by atoms with Gasteiger partial charge in [0, 0.05) is 16.8 Å². The first-order chi connectivity index (χ1) is 8.65. The summed E-state index contributed by atoms with van der Waals surface area (Å²) in [5, 5.41) is 10.2. The second-order valence-corrected chi connectivity index (χ2v) is 4.59. The van der Waals surface area contributed by atoms with E-state index in [2.05, 4.69) is 24.0 Å². The molecule has 0 saturated carbocycles. The van der Waals surface area contributed by atoms with Crippen LogP contribution in [0.15, 0.2) is 47.5 Å². The lowest BCUT2D eigenvalue weighted by Gasteiger charge is -2.00. The molecule has 2 aromatic carbocycles. The molecule has 0 radical (unpaired) electrons. The van der Waals surface area contributed by atoms with Crippen molar-refractivity contribution in [2.24, 2.45) is 4.99 Å². The number of aromatic hydroxyl groups is 1. The summed E-state index contributed by atoms with van der Waals surface area (Å²) in [6, 6.07) is 13.1. The fraction of sp³-hybridized carbons (Fsp3) is 0.133. The molecule has 0 heterocycles. The third kappa shape index (κ3) is 3.34. The van der Waals surface area contributed by atoms with Gasteiger partial charge in [0.1, 0.15) is 5.75 Å². The van der Waals surface area contributed by atoms with E-state index in [0.29, 0.717) is 17.1 Å². The molecule has 0 aliphatic carbocycles. The van der Waals surface area contributed by atoms with Crippen LogP contribution in [0.1, 0.15) is 16.7 Å². The lowest BCUT2D eigenvalue weighted by Crippen LogP contribution is -1.86. The van der Waals surface area contributed by atoms with Crippen molar-refractivity contribution in [3.63, 3.8) is 0 Å². The summed E-state index contributed by atoms with van der Waals surface area (Å²) < 4.78 is 0. The molecule has 0 atom stereocenters. The summed E-state index contributed by atoms with van der Waals surface area (Å²) in [4.78, 5) is 4.30. The topological polar surface area (TPSA) is 32.6 Å².